The number of anilines is 1. The molecule has 1 N–H and O–H groups in total. The lowest BCUT2D eigenvalue weighted by Gasteiger charge is -2.34. The summed E-state index contributed by atoms with van der Waals surface area (Å²) in [4.78, 5) is 17.1. The van der Waals surface area contributed by atoms with Crippen LogP contribution in [0.25, 0.3) is 0 Å². The first-order valence-electron chi connectivity index (χ1n) is 10.5. The molecule has 3 rings (SSSR count). The Kier molecular flexibility index (Phi) is 7.76. The van der Waals surface area contributed by atoms with Crippen LogP contribution in [-0.4, -0.2) is 77.3 Å². The van der Waals surface area contributed by atoms with Gasteiger partial charge in [0.15, 0.2) is 21.3 Å². The maximum absolute atomic E-state index is 12.4. The van der Waals surface area contributed by atoms with E-state index in [0.29, 0.717) is 12.2 Å². The second kappa shape index (κ2) is 10.3. The summed E-state index contributed by atoms with van der Waals surface area (Å²) in [5.41, 5.74) is 2.95. The van der Waals surface area contributed by atoms with Crippen LogP contribution < -0.4 is 14.8 Å². The first-order valence-corrected chi connectivity index (χ1v) is 12.3. The molecule has 32 heavy (non-hydrogen) atoms. The van der Waals surface area contributed by atoms with E-state index in [2.05, 4.69) is 22.0 Å². The molecule has 0 aliphatic carbocycles. The quantitative estimate of drug-likeness (QED) is 0.645. The third-order valence-corrected chi connectivity index (χ3v) is 6.76. The van der Waals surface area contributed by atoms with Crippen LogP contribution in [0.1, 0.15) is 11.1 Å². The molecule has 1 aliphatic heterocycles. The van der Waals surface area contributed by atoms with Gasteiger partial charge >= 0.3 is 0 Å². The van der Waals surface area contributed by atoms with Crippen molar-refractivity contribution >= 4 is 21.4 Å². The normalized spacial score (nSPS) is 15.4. The Morgan fingerprint density at radius 1 is 0.969 bits per heavy atom. The van der Waals surface area contributed by atoms with Gasteiger partial charge in [0.05, 0.1) is 25.7 Å². The molecule has 9 heteroatoms. The molecule has 1 amide bonds. The summed E-state index contributed by atoms with van der Waals surface area (Å²) in [6.07, 6.45) is 1.16. The van der Waals surface area contributed by atoms with E-state index >= 15 is 0 Å². The maximum Gasteiger partial charge on any atom is 0.238 e. The van der Waals surface area contributed by atoms with Crippen molar-refractivity contribution in [3.8, 4) is 11.5 Å². The number of rotatable bonds is 8. The maximum atomic E-state index is 12.4. The van der Waals surface area contributed by atoms with Gasteiger partial charge in [0.25, 0.3) is 0 Å². The van der Waals surface area contributed by atoms with Crippen molar-refractivity contribution in [1.82, 2.24) is 9.80 Å². The molecule has 2 aromatic rings. The van der Waals surface area contributed by atoms with Crippen molar-refractivity contribution in [2.24, 2.45) is 0 Å². The summed E-state index contributed by atoms with van der Waals surface area (Å²) in [5.74, 6) is 1.35. The first kappa shape index (κ1) is 24.0. The van der Waals surface area contributed by atoms with E-state index < -0.39 is 9.84 Å². The molecule has 0 bridgehead atoms. The molecule has 1 aliphatic rings. The lowest BCUT2D eigenvalue weighted by atomic mass is 10.1. The number of aryl methyl sites for hydroxylation is 1. The van der Waals surface area contributed by atoms with Crippen LogP contribution >= 0.6 is 0 Å². The third kappa shape index (κ3) is 6.21. The predicted molar refractivity (Wildman–Crippen MR) is 124 cm³/mol. The second-order valence-corrected chi connectivity index (χ2v) is 10.0. The average molecular weight is 462 g/mol. The van der Waals surface area contributed by atoms with E-state index in [9.17, 15) is 13.2 Å². The summed E-state index contributed by atoms with van der Waals surface area (Å²) in [6.45, 7) is 6.52. The van der Waals surface area contributed by atoms with Crippen LogP contribution in [0, 0.1) is 6.92 Å². The summed E-state index contributed by atoms with van der Waals surface area (Å²) in [5, 5.41) is 2.84. The second-order valence-electron chi connectivity index (χ2n) is 8.03. The van der Waals surface area contributed by atoms with Gasteiger partial charge in [-0.05, 0) is 54.4 Å². The molecule has 0 aromatic heterocycles. The minimum absolute atomic E-state index is 0.110. The molecule has 8 nitrogen and oxygen atoms in total. The minimum Gasteiger partial charge on any atom is -0.493 e. The predicted octanol–water partition coefficient (Wildman–Crippen LogP) is 2.17. The third-order valence-electron chi connectivity index (χ3n) is 5.63. The van der Waals surface area contributed by atoms with Crippen molar-refractivity contribution in [1.29, 1.82) is 0 Å². The van der Waals surface area contributed by atoms with Gasteiger partial charge in [-0.25, -0.2) is 8.42 Å². The van der Waals surface area contributed by atoms with Crippen LogP contribution in [0.15, 0.2) is 41.3 Å². The number of nitrogens with one attached hydrogen (secondary N) is 1. The Hall–Kier alpha value is -2.62. The highest BCUT2D eigenvalue weighted by Gasteiger charge is 2.20. The molecule has 174 valence electrons. The Labute approximate surface area is 190 Å². The highest BCUT2D eigenvalue weighted by atomic mass is 32.2. The standard InChI is InChI=1S/C23H31N3O5S/c1-17-13-21(30-2)22(31-3)14-18(17)15-25-9-11-26(12-10-25)16-23(27)24-19-5-7-20(8-6-19)32(4,28)29/h5-8,13-14H,9-12,15-16H2,1-4H3,(H,24,27). The van der Waals surface area contributed by atoms with Crippen molar-refractivity contribution in [3.05, 3.63) is 47.5 Å². The number of hydrogen-bond donors (Lipinski definition) is 1. The topological polar surface area (TPSA) is 88.2 Å². The zero-order chi connectivity index (χ0) is 23.3. The number of carbonyl (C=O) groups is 1. The molecule has 2 aromatic carbocycles. The van der Waals surface area contributed by atoms with Crippen molar-refractivity contribution in [2.45, 2.75) is 18.4 Å². The lowest BCUT2D eigenvalue weighted by molar-refractivity contribution is -0.117. The lowest BCUT2D eigenvalue weighted by Crippen LogP contribution is -2.48. The smallest absolute Gasteiger partial charge is 0.238 e. The first-order chi connectivity index (χ1) is 15.2. The number of methoxy groups -OCH3 is 2. The SMILES string of the molecule is COc1cc(C)c(CN2CCN(CC(=O)Nc3ccc(S(C)(=O)=O)cc3)CC2)cc1OC. The number of carbonyl (C=O) groups excluding carboxylic acids is 1. The fraction of sp³-hybridized carbons (Fsp3) is 0.435. The molecular weight excluding hydrogens is 430 g/mol. The molecule has 0 spiro atoms. The Balaban J connectivity index is 1.49. The monoisotopic (exact) mass is 461 g/mol. The Morgan fingerprint density at radius 3 is 2.09 bits per heavy atom. The number of amides is 1. The van der Waals surface area contributed by atoms with Gasteiger partial charge in [-0.15, -0.1) is 0 Å². The Bertz CT molecular complexity index is 1050. The zero-order valence-electron chi connectivity index (χ0n) is 19.1. The molecule has 0 atom stereocenters. The van der Waals surface area contributed by atoms with Gasteiger partial charge in [0.2, 0.25) is 5.91 Å². The summed E-state index contributed by atoms with van der Waals surface area (Å²) >= 11 is 0. The zero-order valence-corrected chi connectivity index (χ0v) is 19.9. The molecule has 1 saturated heterocycles. The average Bonchev–Trinajstić information content (AvgIpc) is 2.75. The largest absolute Gasteiger partial charge is 0.493 e. The number of benzene rings is 2. The van der Waals surface area contributed by atoms with Gasteiger partial charge in [0.1, 0.15) is 0 Å². The van der Waals surface area contributed by atoms with Gasteiger partial charge in [-0.2, -0.15) is 0 Å². The van der Waals surface area contributed by atoms with Gasteiger partial charge in [-0.1, -0.05) is 0 Å². The fourth-order valence-corrected chi connectivity index (χ4v) is 4.36. The van der Waals surface area contributed by atoms with Gasteiger partial charge < -0.3 is 14.8 Å². The van der Waals surface area contributed by atoms with Crippen molar-refractivity contribution < 1.29 is 22.7 Å². The summed E-state index contributed by atoms with van der Waals surface area (Å²) in [7, 11) is 0.0278. The highest BCUT2D eigenvalue weighted by Crippen LogP contribution is 2.31. The van der Waals surface area contributed by atoms with E-state index in [4.69, 9.17) is 9.47 Å². The van der Waals surface area contributed by atoms with Crippen LogP contribution in [0.4, 0.5) is 5.69 Å². The number of ether oxygens (including phenoxy) is 2. The molecule has 0 saturated carbocycles. The van der Waals surface area contributed by atoms with Crippen LogP contribution in [0.5, 0.6) is 11.5 Å². The number of sulfone groups is 1. The van der Waals surface area contributed by atoms with Crippen LogP contribution in [0.3, 0.4) is 0 Å². The van der Waals surface area contributed by atoms with Crippen LogP contribution in [-0.2, 0) is 21.2 Å². The van der Waals surface area contributed by atoms with E-state index in [-0.39, 0.29) is 10.8 Å². The van der Waals surface area contributed by atoms with Crippen molar-refractivity contribution in [2.75, 3.05) is 58.5 Å². The number of nitrogens with zero attached hydrogens (tertiary/aromatic N) is 2. The van der Waals surface area contributed by atoms with E-state index in [1.165, 1.54) is 17.7 Å². The number of piperazine rings is 1. The summed E-state index contributed by atoms with van der Waals surface area (Å²) in [6, 6.07) is 10.2. The van der Waals surface area contributed by atoms with Gasteiger partial charge in [-0.3, -0.25) is 14.6 Å². The van der Waals surface area contributed by atoms with E-state index in [0.717, 1.165) is 56.0 Å². The molecule has 0 radical (unpaired) electrons. The minimum atomic E-state index is -3.25. The van der Waals surface area contributed by atoms with Crippen LogP contribution in [0.2, 0.25) is 0 Å². The molecule has 1 heterocycles. The highest BCUT2D eigenvalue weighted by molar-refractivity contribution is 7.90. The van der Waals surface area contributed by atoms with E-state index in [1.807, 2.05) is 12.1 Å². The molecule has 0 unspecified atom stereocenters. The Morgan fingerprint density at radius 2 is 1.53 bits per heavy atom. The number of hydrogen-bond acceptors (Lipinski definition) is 7. The van der Waals surface area contributed by atoms with E-state index in [1.54, 1.807) is 26.4 Å². The van der Waals surface area contributed by atoms with Crippen molar-refractivity contribution in [3.63, 3.8) is 0 Å². The van der Waals surface area contributed by atoms with Gasteiger partial charge in [0, 0.05) is 44.7 Å². The fourth-order valence-electron chi connectivity index (χ4n) is 3.73. The summed E-state index contributed by atoms with van der Waals surface area (Å²) < 4.78 is 33.9. The molecular formula is C23H31N3O5S. The molecule has 1 fully saturated rings.